The molecule has 0 radical (unpaired) electrons. The molecule has 0 aliphatic heterocycles. The second kappa shape index (κ2) is 10.3. The average molecular weight is 334 g/mol. The Labute approximate surface area is 143 Å². The Kier molecular flexibility index (Phi) is 8.01. The van der Waals surface area contributed by atoms with Crippen LogP contribution in [-0.2, 0) is 10.5 Å². The van der Waals surface area contributed by atoms with Gasteiger partial charge in [0, 0.05) is 11.5 Å². The molecule has 1 aromatic carbocycles. The van der Waals surface area contributed by atoms with Crippen LogP contribution >= 0.6 is 11.8 Å². The first-order valence-electron chi connectivity index (χ1n) is 8.33. The second-order valence-electron chi connectivity index (χ2n) is 5.82. The maximum Gasteiger partial charge on any atom is 0.250 e. The van der Waals surface area contributed by atoms with Gasteiger partial charge in [-0.15, -0.1) is 11.8 Å². The molecule has 1 saturated carbocycles. The van der Waals surface area contributed by atoms with E-state index in [9.17, 15) is 4.79 Å². The minimum atomic E-state index is -0.0157. The van der Waals surface area contributed by atoms with Gasteiger partial charge in [-0.2, -0.15) is 5.10 Å². The molecular weight excluding hydrogens is 308 g/mol. The molecule has 0 bridgehead atoms. The van der Waals surface area contributed by atoms with E-state index in [1.807, 2.05) is 24.3 Å². The molecule has 126 valence electrons. The van der Waals surface area contributed by atoms with Crippen molar-refractivity contribution in [3.8, 4) is 5.75 Å². The molecule has 1 aromatic rings. The van der Waals surface area contributed by atoms with Crippen molar-refractivity contribution in [2.75, 3.05) is 12.9 Å². The van der Waals surface area contributed by atoms with E-state index in [0.29, 0.717) is 5.75 Å². The number of hydrogen-bond acceptors (Lipinski definition) is 4. The zero-order chi connectivity index (χ0) is 16.3. The lowest BCUT2D eigenvalue weighted by Crippen LogP contribution is -2.22. The third-order valence-corrected chi connectivity index (χ3v) is 4.93. The third kappa shape index (κ3) is 7.08. The Morgan fingerprint density at radius 1 is 1.13 bits per heavy atom. The zero-order valence-electron chi connectivity index (χ0n) is 13.8. The van der Waals surface area contributed by atoms with Crippen LogP contribution in [0.5, 0.6) is 5.75 Å². The Morgan fingerprint density at radius 3 is 2.43 bits per heavy atom. The highest BCUT2D eigenvalue weighted by Crippen LogP contribution is 2.17. The van der Waals surface area contributed by atoms with E-state index in [-0.39, 0.29) is 5.91 Å². The normalized spacial score (nSPS) is 15.4. The first-order valence-corrected chi connectivity index (χ1v) is 9.48. The smallest absolute Gasteiger partial charge is 0.250 e. The van der Waals surface area contributed by atoms with Crippen molar-refractivity contribution in [1.29, 1.82) is 0 Å². The number of nitrogens with one attached hydrogen (secondary N) is 1. The van der Waals surface area contributed by atoms with Crippen molar-refractivity contribution in [3.05, 3.63) is 29.8 Å². The van der Waals surface area contributed by atoms with Crippen LogP contribution in [0.4, 0.5) is 0 Å². The number of nitrogens with zero attached hydrogens (tertiary/aromatic N) is 1. The highest BCUT2D eigenvalue weighted by atomic mass is 32.2. The lowest BCUT2D eigenvalue weighted by molar-refractivity contribution is -0.118. The third-order valence-electron chi connectivity index (χ3n) is 3.93. The highest BCUT2D eigenvalue weighted by molar-refractivity contribution is 7.99. The number of thioether (sulfide) groups is 1. The lowest BCUT2D eigenvalue weighted by atomic mass is 9.99. The fraction of sp³-hybridized carbons (Fsp3) is 0.556. The van der Waals surface area contributed by atoms with Gasteiger partial charge in [0.2, 0.25) is 5.91 Å². The number of carbonyl (C=O) groups is 1. The molecular formula is C18H26N2O2S. The Bertz CT molecular complexity index is 504. The van der Waals surface area contributed by atoms with Gasteiger partial charge < -0.3 is 4.74 Å². The first kappa shape index (κ1) is 17.9. The number of amides is 1. The second-order valence-corrected chi connectivity index (χ2v) is 6.81. The number of benzene rings is 1. The van der Waals surface area contributed by atoms with Crippen LogP contribution in [0.1, 0.15) is 50.5 Å². The van der Waals surface area contributed by atoms with Crippen molar-refractivity contribution in [3.63, 3.8) is 0 Å². The number of carbonyl (C=O) groups excluding carboxylic acids is 1. The molecule has 1 fully saturated rings. The van der Waals surface area contributed by atoms with Gasteiger partial charge in [0.25, 0.3) is 0 Å². The molecule has 1 N–H and O–H groups in total. The van der Waals surface area contributed by atoms with E-state index >= 15 is 0 Å². The SMILES string of the molecule is COc1ccc(CSCC(=O)NN=C2CCCCCCC2)cc1. The van der Waals surface area contributed by atoms with Crippen LogP contribution in [0.15, 0.2) is 29.4 Å². The summed E-state index contributed by atoms with van der Waals surface area (Å²) in [6.07, 6.45) is 8.34. The number of methoxy groups -OCH3 is 1. The summed E-state index contributed by atoms with van der Waals surface area (Å²) in [5.41, 5.74) is 5.05. The Balaban J connectivity index is 1.67. The summed E-state index contributed by atoms with van der Waals surface area (Å²) < 4.78 is 5.13. The fourth-order valence-corrected chi connectivity index (χ4v) is 3.36. The van der Waals surface area contributed by atoms with Crippen LogP contribution in [0, 0.1) is 0 Å². The summed E-state index contributed by atoms with van der Waals surface area (Å²) in [6, 6.07) is 7.93. The average Bonchev–Trinajstić information content (AvgIpc) is 2.54. The van der Waals surface area contributed by atoms with Crippen LogP contribution in [-0.4, -0.2) is 24.5 Å². The molecule has 0 saturated heterocycles. The summed E-state index contributed by atoms with van der Waals surface area (Å²) in [4.78, 5) is 11.9. The van der Waals surface area contributed by atoms with E-state index < -0.39 is 0 Å². The standard InChI is InChI=1S/C18H26N2O2S/c1-22-17-11-9-15(10-12-17)13-23-14-18(21)20-19-16-7-5-3-2-4-6-8-16/h9-12H,2-8,13-14H2,1H3,(H,20,21). The monoisotopic (exact) mass is 334 g/mol. The van der Waals surface area contributed by atoms with E-state index in [0.717, 1.165) is 30.1 Å². The van der Waals surface area contributed by atoms with Gasteiger partial charge >= 0.3 is 0 Å². The van der Waals surface area contributed by atoms with Gasteiger partial charge in [0.15, 0.2) is 0 Å². The van der Waals surface area contributed by atoms with Crippen LogP contribution in [0.2, 0.25) is 0 Å². The van der Waals surface area contributed by atoms with Crippen molar-refractivity contribution in [1.82, 2.24) is 5.43 Å². The van der Waals surface area contributed by atoms with E-state index in [4.69, 9.17) is 4.74 Å². The molecule has 2 rings (SSSR count). The van der Waals surface area contributed by atoms with Gasteiger partial charge in [0.1, 0.15) is 5.75 Å². The summed E-state index contributed by atoms with van der Waals surface area (Å²) in [5, 5.41) is 4.32. The van der Waals surface area contributed by atoms with Gasteiger partial charge in [-0.3, -0.25) is 4.79 Å². The zero-order valence-corrected chi connectivity index (χ0v) is 14.7. The summed E-state index contributed by atoms with van der Waals surface area (Å²) in [7, 11) is 1.66. The van der Waals surface area contributed by atoms with Crippen molar-refractivity contribution in [2.45, 2.75) is 50.7 Å². The molecule has 4 nitrogen and oxygen atoms in total. The largest absolute Gasteiger partial charge is 0.497 e. The number of hydrogen-bond donors (Lipinski definition) is 1. The molecule has 1 aliphatic rings. The van der Waals surface area contributed by atoms with E-state index in [1.54, 1.807) is 18.9 Å². The number of ether oxygens (including phenoxy) is 1. The van der Waals surface area contributed by atoms with Crippen molar-refractivity contribution >= 4 is 23.4 Å². The van der Waals surface area contributed by atoms with E-state index in [1.165, 1.54) is 37.7 Å². The topological polar surface area (TPSA) is 50.7 Å². The molecule has 0 heterocycles. The minimum absolute atomic E-state index is 0.0157. The molecule has 23 heavy (non-hydrogen) atoms. The summed E-state index contributed by atoms with van der Waals surface area (Å²) in [6.45, 7) is 0. The first-order chi connectivity index (χ1) is 11.3. The Hall–Kier alpha value is -1.49. The quantitative estimate of drug-likeness (QED) is 0.795. The van der Waals surface area contributed by atoms with Gasteiger partial charge in [-0.05, 0) is 43.4 Å². The minimum Gasteiger partial charge on any atom is -0.497 e. The predicted octanol–water partition coefficient (Wildman–Crippen LogP) is 4.14. The molecule has 0 aromatic heterocycles. The van der Waals surface area contributed by atoms with Crippen LogP contribution in [0.25, 0.3) is 0 Å². The lowest BCUT2D eigenvalue weighted by Gasteiger charge is -2.10. The van der Waals surface area contributed by atoms with Crippen molar-refractivity contribution < 1.29 is 9.53 Å². The van der Waals surface area contributed by atoms with Crippen molar-refractivity contribution in [2.24, 2.45) is 5.10 Å². The summed E-state index contributed by atoms with van der Waals surface area (Å²) in [5.74, 6) is 2.08. The molecule has 0 spiro atoms. The van der Waals surface area contributed by atoms with E-state index in [2.05, 4.69) is 10.5 Å². The maximum atomic E-state index is 11.9. The molecule has 0 unspecified atom stereocenters. The number of rotatable bonds is 6. The fourth-order valence-electron chi connectivity index (χ4n) is 2.58. The van der Waals surface area contributed by atoms with Crippen LogP contribution < -0.4 is 10.2 Å². The summed E-state index contributed by atoms with van der Waals surface area (Å²) >= 11 is 1.60. The van der Waals surface area contributed by atoms with Crippen LogP contribution in [0.3, 0.4) is 0 Å². The van der Waals surface area contributed by atoms with Gasteiger partial charge in [-0.1, -0.05) is 31.4 Å². The molecule has 1 amide bonds. The molecule has 0 atom stereocenters. The Morgan fingerprint density at radius 2 is 1.78 bits per heavy atom. The highest BCUT2D eigenvalue weighted by Gasteiger charge is 2.06. The molecule has 1 aliphatic carbocycles. The predicted molar refractivity (Wildman–Crippen MR) is 97.1 cm³/mol. The van der Waals surface area contributed by atoms with Gasteiger partial charge in [0.05, 0.1) is 12.9 Å². The maximum absolute atomic E-state index is 11.9. The molecule has 5 heteroatoms. The number of hydrazone groups is 1. The van der Waals surface area contributed by atoms with Gasteiger partial charge in [-0.25, -0.2) is 5.43 Å².